The van der Waals surface area contributed by atoms with Crippen LogP contribution in [-0.2, 0) is 13.1 Å². The first-order valence-corrected chi connectivity index (χ1v) is 8.80. The van der Waals surface area contributed by atoms with Crippen LogP contribution in [0.1, 0.15) is 19.8 Å². The van der Waals surface area contributed by atoms with Crippen molar-refractivity contribution in [2.24, 2.45) is 5.92 Å². The topological polar surface area (TPSA) is 8.81 Å². The predicted molar refractivity (Wildman–Crippen MR) is 93.8 cm³/mol. The molecule has 1 saturated carbocycles. The SMILES string of the molecule is CCn1c[n+](CC2CC2)c(-c2ccc(F)cc2)c1-c1ccc(F)cc1.[Br-]. The Hall–Kier alpha value is -2.01. The Morgan fingerprint density at radius 1 is 0.923 bits per heavy atom. The average Bonchev–Trinajstić information content (AvgIpc) is 3.36. The van der Waals surface area contributed by atoms with Crippen molar-refractivity contribution < 1.29 is 30.3 Å². The number of hydrogen-bond acceptors (Lipinski definition) is 0. The van der Waals surface area contributed by atoms with Gasteiger partial charge in [0.2, 0.25) is 6.33 Å². The van der Waals surface area contributed by atoms with Gasteiger partial charge in [-0.2, -0.15) is 0 Å². The van der Waals surface area contributed by atoms with Crippen LogP contribution in [0, 0.1) is 17.6 Å². The van der Waals surface area contributed by atoms with Gasteiger partial charge in [0.15, 0.2) is 11.4 Å². The van der Waals surface area contributed by atoms with E-state index in [-0.39, 0.29) is 28.6 Å². The van der Waals surface area contributed by atoms with Crippen molar-refractivity contribution in [3.8, 4) is 22.5 Å². The van der Waals surface area contributed by atoms with Gasteiger partial charge in [0, 0.05) is 11.1 Å². The lowest BCUT2D eigenvalue weighted by molar-refractivity contribution is -0.689. The molecule has 4 rings (SSSR count). The van der Waals surface area contributed by atoms with Gasteiger partial charge in [0.05, 0.1) is 13.1 Å². The van der Waals surface area contributed by atoms with Crippen molar-refractivity contribution in [1.82, 2.24) is 4.57 Å². The molecule has 3 aromatic rings. The Labute approximate surface area is 162 Å². The Morgan fingerprint density at radius 2 is 1.46 bits per heavy atom. The van der Waals surface area contributed by atoms with E-state index in [9.17, 15) is 8.78 Å². The van der Waals surface area contributed by atoms with Crippen LogP contribution in [0.25, 0.3) is 22.5 Å². The third-order valence-electron chi connectivity index (χ3n) is 4.81. The molecule has 0 bridgehead atoms. The maximum absolute atomic E-state index is 13.4. The Kier molecular flexibility index (Phi) is 5.56. The van der Waals surface area contributed by atoms with Crippen LogP contribution in [0.5, 0.6) is 0 Å². The minimum absolute atomic E-state index is 0. The molecule has 0 N–H and O–H groups in total. The molecule has 136 valence electrons. The number of aromatic nitrogens is 2. The molecule has 0 radical (unpaired) electrons. The molecular formula is C21H21BrF2N2. The summed E-state index contributed by atoms with van der Waals surface area (Å²) in [6.45, 7) is 3.88. The highest BCUT2D eigenvalue weighted by Crippen LogP contribution is 2.34. The number of rotatable bonds is 5. The average molecular weight is 419 g/mol. The van der Waals surface area contributed by atoms with Crippen LogP contribution < -0.4 is 21.5 Å². The maximum atomic E-state index is 13.4. The van der Waals surface area contributed by atoms with Crippen molar-refractivity contribution in [3.63, 3.8) is 0 Å². The quantitative estimate of drug-likeness (QED) is 0.558. The van der Waals surface area contributed by atoms with Gasteiger partial charge in [-0.3, -0.25) is 0 Å². The van der Waals surface area contributed by atoms with Crippen molar-refractivity contribution in [3.05, 3.63) is 66.5 Å². The second kappa shape index (κ2) is 7.70. The van der Waals surface area contributed by atoms with E-state index in [0.29, 0.717) is 0 Å². The zero-order chi connectivity index (χ0) is 17.4. The molecule has 1 heterocycles. The van der Waals surface area contributed by atoms with Crippen molar-refractivity contribution in [2.45, 2.75) is 32.9 Å². The number of benzene rings is 2. The number of hydrogen-bond donors (Lipinski definition) is 0. The van der Waals surface area contributed by atoms with Crippen molar-refractivity contribution in [1.29, 1.82) is 0 Å². The number of nitrogens with zero attached hydrogens (tertiary/aromatic N) is 2. The number of imidazole rings is 1. The highest BCUT2D eigenvalue weighted by molar-refractivity contribution is 5.76. The molecule has 0 atom stereocenters. The number of aryl methyl sites for hydroxylation is 1. The molecule has 1 fully saturated rings. The zero-order valence-corrected chi connectivity index (χ0v) is 16.2. The van der Waals surface area contributed by atoms with Gasteiger partial charge in [0.25, 0.3) is 0 Å². The summed E-state index contributed by atoms with van der Waals surface area (Å²) in [5.74, 6) is 0.237. The first kappa shape index (κ1) is 18.8. The fraction of sp³-hybridized carbons (Fsp3) is 0.286. The summed E-state index contributed by atoms with van der Waals surface area (Å²) < 4.78 is 31.3. The van der Waals surface area contributed by atoms with E-state index in [4.69, 9.17) is 0 Å². The molecule has 0 saturated heterocycles. The van der Waals surface area contributed by atoms with E-state index in [0.717, 1.165) is 41.5 Å². The highest BCUT2D eigenvalue weighted by atomic mass is 79.9. The first-order chi connectivity index (χ1) is 12.2. The lowest BCUT2D eigenvalue weighted by Crippen LogP contribution is -3.00. The van der Waals surface area contributed by atoms with Gasteiger partial charge in [-0.05, 0) is 74.2 Å². The summed E-state index contributed by atoms with van der Waals surface area (Å²) in [7, 11) is 0. The summed E-state index contributed by atoms with van der Waals surface area (Å²) in [5, 5.41) is 0. The monoisotopic (exact) mass is 418 g/mol. The molecule has 0 unspecified atom stereocenters. The Bertz CT molecular complexity index is 882. The summed E-state index contributed by atoms with van der Waals surface area (Å²) in [6.07, 6.45) is 4.66. The standard InChI is InChI=1S/C21H21F2N2.BrH/c1-2-24-14-25(13-15-3-4-15)21(17-7-11-19(23)12-8-17)20(24)16-5-9-18(22)10-6-16;/h5-12,14-15H,2-4,13H2,1H3;1H/q+1;/p-1. The predicted octanol–water partition coefficient (Wildman–Crippen LogP) is 1.82. The third kappa shape index (κ3) is 3.73. The molecule has 0 spiro atoms. The van der Waals surface area contributed by atoms with Gasteiger partial charge in [-0.1, -0.05) is 0 Å². The fourth-order valence-corrected chi connectivity index (χ4v) is 3.33. The molecule has 0 amide bonds. The summed E-state index contributed by atoms with van der Waals surface area (Å²) in [5.41, 5.74) is 4.07. The van der Waals surface area contributed by atoms with E-state index >= 15 is 0 Å². The summed E-state index contributed by atoms with van der Waals surface area (Å²) in [4.78, 5) is 0. The second-order valence-electron chi connectivity index (χ2n) is 6.71. The van der Waals surface area contributed by atoms with Crippen LogP contribution in [0.4, 0.5) is 8.78 Å². The van der Waals surface area contributed by atoms with E-state index < -0.39 is 0 Å². The minimum atomic E-state index is -0.243. The van der Waals surface area contributed by atoms with Gasteiger partial charge >= 0.3 is 0 Å². The largest absolute Gasteiger partial charge is 1.00 e. The van der Waals surface area contributed by atoms with Crippen LogP contribution in [-0.4, -0.2) is 4.57 Å². The van der Waals surface area contributed by atoms with E-state index in [1.165, 1.54) is 37.1 Å². The number of halogens is 3. The summed E-state index contributed by atoms with van der Waals surface area (Å²) >= 11 is 0. The van der Waals surface area contributed by atoms with E-state index in [2.05, 4.69) is 22.4 Å². The minimum Gasteiger partial charge on any atom is -1.00 e. The molecule has 1 aromatic heterocycles. The smallest absolute Gasteiger partial charge is 0.244 e. The van der Waals surface area contributed by atoms with Crippen molar-refractivity contribution in [2.75, 3.05) is 0 Å². The van der Waals surface area contributed by atoms with Gasteiger partial charge in [0.1, 0.15) is 11.6 Å². The van der Waals surface area contributed by atoms with E-state index in [1.54, 1.807) is 0 Å². The van der Waals surface area contributed by atoms with Crippen LogP contribution >= 0.6 is 0 Å². The molecule has 1 aliphatic rings. The molecular weight excluding hydrogens is 398 g/mol. The van der Waals surface area contributed by atoms with Crippen LogP contribution in [0.2, 0.25) is 0 Å². The molecule has 26 heavy (non-hydrogen) atoms. The zero-order valence-electron chi connectivity index (χ0n) is 14.6. The molecule has 5 heteroatoms. The van der Waals surface area contributed by atoms with Crippen LogP contribution in [0.15, 0.2) is 54.9 Å². The van der Waals surface area contributed by atoms with Crippen molar-refractivity contribution >= 4 is 0 Å². The Balaban J connectivity index is 0.00000196. The fourth-order valence-electron chi connectivity index (χ4n) is 3.33. The molecule has 1 aliphatic carbocycles. The third-order valence-corrected chi connectivity index (χ3v) is 4.81. The summed E-state index contributed by atoms with van der Waals surface area (Å²) in [6, 6.07) is 13.2. The maximum Gasteiger partial charge on any atom is 0.244 e. The second-order valence-corrected chi connectivity index (χ2v) is 6.71. The highest BCUT2D eigenvalue weighted by Gasteiger charge is 2.30. The normalized spacial score (nSPS) is 13.5. The first-order valence-electron chi connectivity index (χ1n) is 8.80. The van der Waals surface area contributed by atoms with Crippen LogP contribution in [0.3, 0.4) is 0 Å². The Morgan fingerprint density at radius 3 is 1.96 bits per heavy atom. The van der Waals surface area contributed by atoms with E-state index in [1.807, 2.05) is 24.3 Å². The van der Waals surface area contributed by atoms with Gasteiger partial charge < -0.3 is 17.0 Å². The molecule has 0 aliphatic heterocycles. The molecule has 2 aromatic carbocycles. The van der Waals surface area contributed by atoms with Gasteiger partial charge in [-0.25, -0.2) is 17.9 Å². The molecule has 2 nitrogen and oxygen atoms in total. The lowest BCUT2D eigenvalue weighted by Gasteiger charge is -2.06. The lowest BCUT2D eigenvalue weighted by atomic mass is 10.0. The van der Waals surface area contributed by atoms with Gasteiger partial charge in [-0.15, -0.1) is 0 Å².